The highest BCUT2D eigenvalue weighted by Gasteiger charge is 2.06. The van der Waals surface area contributed by atoms with Crippen LogP contribution in [-0.2, 0) is 16.1 Å². The molecule has 0 fully saturated rings. The predicted molar refractivity (Wildman–Crippen MR) is 93.9 cm³/mol. The Labute approximate surface area is 142 Å². The molecule has 0 aromatic heterocycles. The Morgan fingerprint density at radius 1 is 1.08 bits per heavy atom. The van der Waals surface area contributed by atoms with Gasteiger partial charge in [-0.1, -0.05) is 35.9 Å². The average molecular weight is 326 g/mol. The van der Waals surface area contributed by atoms with Gasteiger partial charge in [0.2, 0.25) is 5.91 Å². The molecule has 126 valence electrons. The van der Waals surface area contributed by atoms with E-state index in [-0.39, 0.29) is 11.9 Å². The summed E-state index contributed by atoms with van der Waals surface area (Å²) < 4.78 is 4.69. The Morgan fingerprint density at radius 3 is 2.62 bits per heavy atom. The van der Waals surface area contributed by atoms with Crippen molar-refractivity contribution in [1.82, 2.24) is 5.32 Å². The highest BCUT2D eigenvalue weighted by atomic mass is 16.5. The summed E-state index contributed by atoms with van der Waals surface area (Å²) in [7, 11) is 1.35. The number of hydrogen-bond donors (Lipinski definition) is 2. The van der Waals surface area contributed by atoms with E-state index in [2.05, 4.69) is 21.4 Å². The largest absolute Gasteiger partial charge is 0.465 e. The fraction of sp³-hybridized carbons (Fsp3) is 0.263. The van der Waals surface area contributed by atoms with Crippen LogP contribution in [0.5, 0.6) is 0 Å². The van der Waals surface area contributed by atoms with Crippen molar-refractivity contribution >= 4 is 17.6 Å². The third-order valence-electron chi connectivity index (χ3n) is 3.54. The number of ether oxygens (including phenoxy) is 1. The molecule has 2 rings (SSSR count). The van der Waals surface area contributed by atoms with E-state index in [9.17, 15) is 9.59 Å². The fourth-order valence-corrected chi connectivity index (χ4v) is 2.31. The van der Waals surface area contributed by atoms with Gasteiger partial charge in [0.05, 0.1) is 12.7 Å². The van der Waals surface area contributed by atoms with Gasteiger partial charge in [-0.2, -0.15) is 0 Å². The maximum atomic E-state index is 11.9. The maximum Gasteiger partial charge on any atom is 0.337 e. The molecule has 0 radical (unpaired) electrons. The number of benzene rings is 2. The van der Waals surface area contributed by atoms with Gasteiger partial charge in [0.15, 0.2) is 0 Å². The van der Waals surface area contributed by atoms with E-state index >= 15 is 0 Å². The predicted octanol–water partition coefficient (Wildman–Crippen LogP) is 2.90. The van der Waals surface area contributed by atoms with E-state index in [1.807, 2.05) is 31.2 Å². The molecule has 0 aliphatic carbocycles. The summed E-state index contributed by atoms with van der Waals surface area (Å²) >= 11 is 0. The van der Waals surface area contributed by atoms with Crippen molar-refractivity contribution in [3.05, 3.63) is 65.2 Å². The Kier molecular flexibility index (Phi) is 6.37. The Morgan fingerprint density at radius 2 is 1.88 bits per heavy atom. The second kappa shape index (κ2) is 8.72. The Bertz CT molecular complexity index is 713. The van der Waals surface area contributed by atoms with E-state index in [0.717, 1.165) is 11.3 Å². The topological polar surface area (TPSA) is 67.4 Å². The number of rotatable bonds is 7. The van der Waals surface area contributed by atoms with Crippen LogP contribution in [0.1, 0.15) is 27.9 Å². The Hall–Kier alpha value is -2.82. The van der Waals surface area contributed by atoms with Gasteiger partial charge in [-0.15, -0.1) is 0 Å². The summed E-state index contributed by atoms with van der Waals surface area (Å²) in [6.07, 6.45) is 0.355. The lowest BCUT2D eigenvalue weighted by atomic mass is 10.1. The summed E-state index contributed by atoms with van der Waals surface area (Å²) in [6, 6.07) is 15.1. The van der Waals surface area contributed by atoms with Gasteiger partial charge in [0.25, 0.3) is 0 Å². The second-order valence-electron chi connectivity index (χ2n) is 5.51. The SMILES string of the molecule is COC(=O)c1cccc(NCCC(=O)NCc2cccc(C)c2)c1. The number of carbonyl (C=O) groups excluding carboxylic acids is 2. The van der Waals surface area contributed by atoms with Crippen molar-refractivity contribution in [2.24, 2.45) is 0 Å². The lowest BCUT2D eigenvalue weighted by molar-refractivity contribution is -0.121. The van der Waals surface area contributed by atoms with Crippen molar-refractivity contribution in [2.75, 3.05) is 19.0 Å². The number of amides is 1. The summed E-state index contributed by atoms with van der Waals surface area (Å²) in [5.41, 5.74) is 3.52. The first-order chi connectivity index (χ1) is 11.6. The van der Waals surface area contributed by atoms with Crippen LogP contribution in [0.25, 0.3) is 0 Å². The summed E-state index contributed by atoms with van der Waals surface area (Å²) in [5, 5.41) is 6.03. The number of esters is 1. The molecule has 24 heavy (non-hydrogen) atoms. The molecule has 0 atom stereocenters. The van der Waals surface area contributed by atoms with E-state index in [0.29, 0.717) is 25.1 Å². The van der Waals surface area contributed by atoms with E-state index in [4.69, 9.17) is 0 Å². The zero-order valence-corrected chi connectivity index (χ0v) is 14.0. The lowest BCUT2D eigenvalue weighted by Crippen LogP contribution is -2.24. The molecule has 0 saturated heterocycles. The first-order valence-corrected chi connectivity index (χ1v) is 7.83. The normalized spacial score (nSPS) is 10.1. The van der Waals surface area contributed by atoms with Crippen LogP contribution in [0.15, 0.2) is 48.5 Å². The molecule has 5 nitrogen and oxygen atoms in total. The van der Waals surface area contributed by atoms with Crippen molar-refractivity contribution in [3.8, 4) is 0 Å². The molecule has 0 heterocycles. The molecule has 0 aliphatic heterocycles. The van der Waals surface area contributed by atoms with Gasteiger partial charge in [0, 0.05) is 25.2 Å². The summed E-state index contributed by atoms with van der Waals surface area (Å²) in [5.74, 6) is -0.400. The molecule has 5 heteroatoms. The second-order valence-corrected chi connectivity index (χ2v) is 5.51. The van der Waals surface area contributed by atoms with E-state index < -0.39 is 0 Å². The number of hydrogen-bond acceptors (Lipinski definition) is 4. The minimum Gasteiger partial charge on any atom is -0.465 e. The molecule has 2 N–H and O–H groups in total. The van der Waals surface area contributed by atoms with Crippen LogP contribution < -0.4 is 10.6 Å². The maximum absolute atomic E-state index is 11.9. The first-order valence-electron chi connectivity index (χ1n) is 7.83. The molecule has 0 unspecified atom stereocenters. The molecular weight excluding hydrogens is 304 g/mol. The van der Waals surface area contributed by atoms with Crippen molar-refractivity contribution in [3.63, 3.8) is 0 Å². The third kappa shape index (κ3) is 5.43. The van der Waals surface area contributed by atoms with Gasteiger partial charge in [-0.3, -0.25) is 4.79 Å². The number of aryl methyl sites for hydroxylation is 1. The van der Waals surface area contributed by atoms with Gasteiger partial charge in [0.1, 0.15) is 0 Å². The highest BCUT2D eigenvalue weighted by molar-refractivity contribution is 5.90. The minimum atomic E-state index is -0.380. The van der Waals surface area contributed by atoms with Crippen molar-refractivity contribution < 1.29 is 14.3 Å². The quantitative estimate of drug-likeness (QED) is 0.768. The molecular formula is C19H22N2O3. The molecule has 0 saturated carbocycles. The van der Waals surface area contributed by atoms with Crippen molar-refractivity contribution in [2.45, 2.75) is 19.9 Å². The van der Waals surface area contributed by atoms with Crippen LogP contribution in [0.3, 0.4) is 0 Å². The van der Waals surface area contributed by atoms with Gasteiger partial charge < -0.3 is 15.4 Å². The van der Waals surface area contributed by atoms with Crippen LogP contribution in [0, 0.1) is 6.92 Å². The first kappa shape index (κ1) is 17.5. The smallest absolute Gasteiger partial charge is 0.337 e. The molecule has 0 bridgehead atoms. The van der Waals surface area contributed by atoms with Crippen molar-refractivity contribution in [1.29, 1.82) is 0 Å². The Balaban J connectivity index is 1.75. The zero-order chi connectivity index (χ0) is 17.4. The van der Waals surface area contributed by atoms with Crippen LogP contribution in [0.2, 0.25) is 0 Å². The van der Waals surface area contributed by atoms with Gasteiger partial charge >= 0.3 is 5.97 Å². The minimum absolute atomic E-state index is 0.0203. The zero-order valence-electron chi connectivity index (χ0n) is 14.0. The molecule has 2 aromatic rings. The molecule has 1 amide bonds. The number of carbonyl (C=O) groups is 2. The molecule has 2 aromatic carbocycles. The van der Waals surface area contributed by atoms with Crippen LogP contribution in [-0.4, -0.2) is 25.5 Å². The summed E-state index contributed by atoms with van der Waals surface area (Å²) in [4.78, 5) is 23.4. The van der Waals surface area contributed by atoms with Crippen LogP contribution in [0.4, 0.5) is 5.69 Å². The highest BCUT2D eigenvalue weighted by Crippen LogP contribution is 2.11. The summed E-state index contributed by atoms with van der Waals surface area (Å²) in [6.45, 7) is 3.04. The standard InChI is InChI=1S/C19H22N2O3/c1-14-5-3-6-15(11-14)13-21-18(22)9-10-20-17-8-4-7-16(12-17)19(23)24-2/h3-8,11-12,20H,9-10,13H2,1-2H3,(H,21,22). The lowest BCUT2D eigenvalue weighted by Gasteiger charge is -2.09. The fourth-order valence-electron chi connectivity index (χ4n) is 2.31. The van der Waals surface area contributed by atoms with E-state index in [1.165, 1.54) is 12.7 Å². The number of methoxy groups -OCH3 is 1. The monoisotopic (exact) mass is 326 g/mol. The van der Waals surface area contributed by atoms with Gasteiger partial charge in [-0.25, -0.2) is 4.79 Å². The third-order valence-corrected chi connectivity index (χ3v) is 3.54. The van der Waals surface area contributed by atoms with E-state index in [1.54, 1.807) is 18.2 Å². The number of anilines is 1. The average Bonchev–Trinajstić information content (AvgIpc) is 2.59. The number of nitrogens with one attached hydrogen (secondary N) is 2. The molecule has 0 aliphatic rings. The van der Waals surface area contributed by atoms with Crippen LogP contribution >= 0.6 is 0 Å². The molecule has 0 spiro atoms. The van der Waals surface area contributed by atoms with Gasteiger partial charge in [-0.05, 0) is 30.7 Å².